The highest BCUT2D eigenvalue weighted by molar-refractivity contribution is 8.18. The minimum atomic E-state index is -0.856. The molecule has 1 aliphatic heterocycles. The number of amidine groups is 1. The number of phenols is 1. The van der Waals surface area contributed by atoms with Crippen molar-refractivity contribution in [2.45, 2.75) is 65.2 Å². The Morgan fingerprint density at radius 1 is 1.14 bits per heavy atom. The van der Waals surface area contributed by atoms with Crippen LogP contribution in [0.4, 0.5) is 0 Å². The van der Waals surface area contributed by atoms with E-state index in [0.29, 0.717) is 28.8 Å². The second kappa shape index (κ2) is 8.61. The Balaban J connectivity index is 2.35. The largest absolute Gasteiger partial charge is 0.507 e. The van der Waals surface area contributed by atoms with Gasteiger partial charge in [0.2, 0.25) is 0 Å². The molecule has 1 fully saturated rings. The Morgan fingerprint density at radius 2 is 1.69 bits per heavy atom. The van der Waals surface area contributed by atoms with E-state index in [2.05, 4.69) is 10.3 Å². The summed E-state index contributed by atoms with van der Waals surface area (Å²) < 4.78 is 0. The standard InChI is InChI=1S/C22H30N2O4S/c1-21(2,3)14-10-13(11-15(18(14)27)22(4,5)6)12-16-19(28)24-20(29-16)23-9-7-8-17(25)26/h10-12,27H,7-9H2,1-6H3,(H,25,26)(H,23,24,28)/b16-12-. The molecule has 0 bridgehead atoms. The molecule has 1 amide bonds. The molecule has 0 spiro atoms. The first-order chi connectivity index (χ1) is 13.3. The fraction of sp³-hybridized carbons (Fsp3) is 0.500. The van der Waals surface area contributed by atoms with E-state index in [1.54, 1.807) is 0 Å². The topological polar surface area (TPSA) is 99.0 Å². The maximum atomic E-state index is 12.3. The molecule has 0 aromatic heterocycles. The van der Waals surface area contributed by atoms with Gasteiger partial charge in [0.15, 0.2) is 5.17 Å². The van der Waals surface area contributed by atoms with Crippen molar-refractivity contribution < 1.29 is 19.8 Å². The number of hydrogen-bond acceptors (Lipinski definition) is 5. The van der Waals surface area contributed by atoms with Gasteiger partial charge in [0, 0.05) is 24.1 Å². The molecule has 7 heteroatoms. The molecule has 0 saturated carbocycles. The lowest BCUT2D eigenvalue weighted by Gasteiger charge is -2.28. The van der Waals surface area contributed by atoms with Crippen LogP contribution in [0.5, 0.6) is 5.75 Å². The lowest BCUT2D eigenvalue weighted by atomic mass is 9.78. The quantitative estimate of drug-likeness (QED) is 0.486. The van der Waals surface area contributed by atoms with Gasteiger partial charge in [0.1, 0.15) is 5.75 Å². The van der Waals surface area contributed by atoms with Crippen molar-refractivity contribution in [2.75, 3.05) is 6.54 Å². The Hall–Kier alpha value is -2.28. The Labute approximate surface area is 176 Å². The predicted molar refractivity (Wildman–Crippen MR) is 118 cm³/mol. The van der Waals surface area contributed by atoms with E-state index in [1.165, 1.54) is 11.8 Å². The maximum Gasteiger partial charge on any atom is 0.303 e. The minimum Gasteiger partial charge on any atom is -0.507 e. The summed E-state index contributed by atoms with van der Waals surface area (Å²) in [6, 6.07) is 3.85. The molecule has 3 N–H and O–H groups in total. The van der Waals surface area contributed by atoms with Crippen molar-refractivity contribution in [3.05, 3.63) is 33.7 Å². The summed E-state index contributed by atoms with van der Waals surface area (Å²) in [6.45, 7) is 12.6. The highest BCUT2D eigenvalue weighted by Gasteiger charge is 2.28. The molecule has 0 unspecified atom stereocenters. The molecule has 158 valence electrons. The van der Waals surface area contributed by atoms with Gasteiger partial charge in [-0.1, -0.05) is 41.5 Å². The number of thioether (sulfide) groups is 1. The summed E-state index contributed by atoms with van der Waals surface area (Å²) in [5, 5.41) is 22.7. The van der Waals surface area contributed by atoms with Gasteiger partial charge in [-0.3, -0.25) is 14.6 Å². The van der Waals surface area contributed by atoms with Crippen molar-refractivity contribution in [2.24, 2.45) is 4.99 Å². The molecule has 1 aromatic carbocycles. The number of amides is 1. The maximum absolute atomic E-state index is 12.3. The summed E-state index contributed by atoms with van der Waals surface area (Å²) >= 11 is 1.24. The van der Waals surface area contributed by atoms with Crippen molar-refractivity contribution in [3.8, 4) is 5.75 Å². The molecular formula is C22H30N2O4S. The Morgan fingerprint density at radius 3 is 2.17 bits per heavy atom. The number of carboxylic acid groups (broad SMARTS) is 1. The monoisotopic (exact) mass is 418 g/mol. The zero-order valence-electron chi connectivity index (χ0n) is 17.9. The number of rotatable bonds is 5. The number of carbonyl (C=O) groups is 2. The van der Waals surface area contributed by atoms with Gasteiger partial charge in [-0.2, -0.15) is 0 Å². The van der Waals surface area contributed by atoms with Gasteiger partial charge in [-0.05, 0) is 52.8 Å². The van der Waals surface area contributed by atoms with E-state index in [1.807, 2.05) is 59.8 Å². The van der Waals surface area contributed by atoms with Crippen LogP contribution in [0.1, 0.15) is 71.1 Å². The normalized spacial score (nSPS) is 17.8. The third-order valence-electron chi connectivity index (χ3n) is 4.50. The van der Waals surface area contributed by atoms with Crippen LogP contribution >= 0.6 is 11.8 Å². The summed E-state index contributed by atoms with van der Waals surface area (Å²) in [5.74, 6) is -0.781. The van der Waals surface area contributed by atoms with E-state index < -0.39 is 5.97 Å². The molecule has 29 heavy (non-hydrogen) atoms. The third-order valence-corrected chi connectivity index (χ3v) is 5.45. The van der Waals surface area contributed by atoms with Crippen LogP contribution in [0.25, 0.3) is 6.08 Å². The minimum absolute atomic E-state index is 0.0523. The molecule has 0 radical (unpaired) electrons. The predicted octanol–water partition coefficient (Wildman–Crippen LogP) is 4.41. The molecule has 1 heterocycles. The van der Waals surface area contributed by atoms with E-state index in [-0.39, 0.29) is 23.2 Å². The average Bonchev–Trinajstić information content (AvgIpc) is 2.90. The first-order valence-electron chi connectivity index (χ1n) is 9.64. The first-order valence-corrected chi connectivity index (χ1v) is 10.5. The highest BCUT2D eigenvalue weighted by atomic mass is 32.2. The average molecular weight is 419 g/mol. The molecule has 0 aliphatic carbocycles. The highest BCUT2D eigenvalue weighted by Crippen LogP contribution is 2.40. The number of hydrogen-bond donors (Lipinski definition) is 3. The molecule has 1 aromatic rings. The number of aliphatic imine (C=N–C) groups is 1. The summed E-state index contributed by atoms with van der Waals surface area (Å²) in [5.41, 5.74) is 2.02. The van der Waals surface area contributed by atoms with Gasteiger partial charge in [0.25, 0.3) is 5.91 Å². The van der Waals surface area contributed by atoms with Crippen LogP contribution in [0.2, 0.25) is 0 Å². The second-order valence-electron chi connectivity index (χ2n) is 9.21. The number of nitrogens with zero attached hydrogens (tertiary/aromatic N) is 1. The van der Waals surface area contributed by atoms with E-state index in [9.17, 15) is 14.7 Å². The fourth-order valence-electron chi connectivity index (χ4n) is 2.95. The number of aliphatic carboxylic acids is 1. The van der Waals surface area contributed by atoms with Gasteiger partial charge < -0.3 is 15.5 Å². The zero-order chi connectivity index (χ0) is 22.0. The van der Waals surface area contributed by atoms with Crippen molar-refractivity contribution in [3.63, 3.8) is 0 Å². The summed E-state index contributed by atoms with van der Waals surface area (Å²) in [6.07, 6.45) is 2.29. The fourth-order valence-corrected chi connectivity index (χ4v) is 3.79. The van der Waals surface area contributed by atoms with Gasteiger partial charge in [-0.25, -0.2) is 0 Å². The number of carboxylic acids is 1. The van der Waals surface area contributed by atoms with Gasteiger partial charge >= 0.3 is 5.97 Å². The van der Waals surface area contributed by atoms with Crippen molar-refractivity contribution in [1.82, 2.24) is 5.32 Å². The van der Waals surface area contributed by atoms with E-state index in [0.717, 1.165) is 16.7 Å². The van der Waals surface area contributed by atoms with Crippen LogP contribution in [0.3, 0.4) is 0 Å². The summed E-state index contributed by atoms with van der Waals surface area (Å²) in [7, 11) is 0. The van der Waals surface area contributed by atoms with Crippen LogP contribution in [-0.4, -0.2) is 33.8 Å². The number of phenolic OH excluding ortho intramolecular Hbond substituents is 1. The lowest BCUT2D eigenvalue weighted by Crippen LogP contribution is -2.20. The SMILES string of the molecule is CC(C)(C)c1cc(/C=C2\SC(=NCCCC(=O)O)NC2=O)cc(C(C)(C)C)c1O. The lowest BCUT2D eigenvalue weighted by molar-refractivity contribution is -0.137. The summed E-state index contributed by atoms with van der Waals surface area (Å²) in [4.78, 5) is 27.7. The molecule has 0 atom stereocenters. The molecule has 1 saturated heterocycles. The second-order valence-corrected chi connectivity index (χ2v) is 10.2. The number of carbonyl (C=O) groups excluding carboxylic acids is 1. The van der Waals surface area contributed by atoms with Crippen LogP contribution in [0.15, 0.2) is 22.0 Å². The Kier molecular flexibility index (Phi) is 6.83. The molecule has 1 aliphatic rings. The van der Waals surface area contributed by atoms with Crippen LogP contribution in [-0.2, 0) is 20.4 Å². The number of nitrogens with one attached hydrogen (secondary N) is 1. The molecule has 2 rings (SSSR count). The zero-order valence-corrected chi connectivity index (χ0v) is 18.7. The number of benzene rings is 1. The number of aromatic hydroxyl groups is 1. The van der Waals surface area contributed by atoms with E-state index in [4.69, 9.17) is 5.11 Å². The Bertz CT molecular complexity index is 839. The van der Waals surface area contributed by atoms with Crippen LogP contribution in [0, 0.1) is 0 Å². The van der Waals surface area contributed by atoms with Gasteiger partial charge in [-0.15, -0.1) is 0 Å². The smallest absolute Gasteiger partial charge is 0.303 e. The van der Waals surface area contributed by atoms with Gasteiger partial charge in [0.05, 0.1) is 4.91 Å². The van der Waals surface area contributed by atoms with Crippen molar-refractivity contribution >= 4 is 34.9 Å². The first kappa shape index (κ1) is 23.0. The molecule has 6 nitrogen and oxygen atoms in total. The third kappa shape index (κ3) is 6.10. The van der Waals surface area contributed by atoms with Crippen LogP contribution < -0.4 is 5.32 Å². The molecular weight excluding hydrogens is 388 g/mol. The van der Waals surface area contributed by atoms with Crippen molar-refractivity contribution in [1.29, 1.82) is 0 Å². The van der Waals surface area contributed by atoms with E-state index >= 15 is 0 Å².